The van der Waals surface area contributed by atoms with Crippen LogP contribution in [0.4, 0.5) is 5.69 Å². The number of hydrogen-bond donors (Lipinski definition) is 1. The van der Waals surface area contributed by atoms with Crippen molar-refractivity contribution in [2.24, 2.45) is 5.73 Å². The Bertz CT molecular complexity index is 856. The highest BCUT2D eigenvalue weighted by Crippen LogP contribution is 2.30. The fraction of sp³-hybridized carbons (Fsp3) is 0.263. The first-order valence-corrected chi connectivity index (χ1v) is 9.09. The third-order valence-corrected chi connectivity index (χ3v) is 5.30. The molecule has 3 rings (SSSR count). The van der Waals surface area contributed by atoms with E-state index in [1.54, 1.807) is 4.90 Å². The highest BCUT2D eigenvalue weighted by Gasteiger charge is 2.30. The summed E-state index contributed by atoms with van der Waals surface area (Å²) >= 11 is 12.4. The average molecular weight is 392 g/mol. The predicted octanol–water partition coefficient (Wildman–Crippen LogP) is 3.14. The van der Waals surface area contributed by atoms with Crippen molar-refractivity contribution in [2.45, 2.75) is 12.6 Å². The Morgan fingerprint density at radius 2 is 1.96 bits per heavy atom. The number of nitrogens with two attached hydrogens (primary N) is 1. The summed E-state index contributed by atoms with van der Waals surface area (Å²) in [5.74, 6) is -0.415. The van der Waals surface area contributed by atoms with Crippen molar-refractivity contribution in [1.29, 1.82) is 0 Å². The molecule has 2 amide bonds. The van der Waals surface area contributed by atoms with Crippen LogP contribution in [0.3, 0.4) is 0 Å². The Morgan fingerprint density at radius 3 is 2.62 bits per heavy atom. The number of halogens is 2. The second-order valence-corrected chi connectivity index (χ2v) is 7.04. The van der Waals surface area contributed by atoms with Crippen molar-refractivity contribution in [1.82, 2.24) is 4.90 Å². The first-order valence-electron chi connectivity index (χ1n) is 8.17. The molecule has 0 aliphatic carbocycles. The molecule has 7 heteroatoms. The second-order valence-electron chi connectivity index (χ2n) is 6.33. The monoisotopic (exact) mass is 391 g/mol. The van der Waals surface area contributed by atoms with Gasteiger partial charge in [-0.3, -0.25) is 14.5 Å². The maximum Gasteiger partial charge on any atom is 0.259 e. The van der Waals surface area contributed by atoms with Crippen LogP contribution in [-0.2, 0) is 6.54 Å². The number of rotatable bonds is 3. The number of primary amides is 1. The van der Waals surface area contributed by atoms with E-state index in [0.29, 0.717) is 24.5 Å². The van der Waals surface area contributed by atoms with Gasteiger partial charge in [-0.1, -0.05) is 29.8 Å². The van der Waals surface area contributed by atoms with Crippen molar-refractivity contribution >= 4 is 40.7 Å². The first kappa shape index (κ1) is 18.7. The van der Waals surface area contributed by atoms with Gasteiger partial charge in [0.15, 0.2) is 0 Å². The molecule has 0 bridgehead atoms. The Kier molecular flexibility index (Phi) is 5.51. The van der Waals surface area contributed by atoms with Crippen LogP contribution in [0, 0.1) is 0 Å². The van der Waals surface area contributed by atoms with Gasteiger partial charge in [-0.25, -0.2) is 0 Å². The number of nitrogens with zero attached hydrogens (tertiary/aromatic N) is 2. The molecule has 2 aromatic carbocycles. The molecule has 1 aliphatic rings. The smallest absolute Gasteiger partial charge is 0.259 e. The van der Waals surface area contributed by atoms with E-state index in [2.05, 4.69) is 4.90 Å². The SMILES string of the molecule is CN1Cc2ccccc2N(C(=O)c2ccc(C(N)=O)cc2Cl)CC1CCl. The zero-order valence-corrected chi connectivity index (χ0v) is 15.8. The Morgan fingerprint density at radius 1 is 1.23 bits per heavy atom. The molecule has 1 heterocycles. The van der Waals surface area contributed by atoms with E-state index in [1.807, 2.05) is 31.3 Å². The van der Waals surface area contributed by atoms with E-state index in [1.165, 1.54) is 18.2 Å². The van der Waals surface area contributed by atoms with Gasteiger partial charge in [0, 0.05) is 36.3 Å². The molecular weight excluding hydrogens is 373 g/mol. The number of anilines is 1. The van der Waals surface area contributed by atoms with Gasteiger partial charge < -0.3 is 10.6 Å². The van der Waals surface area contributed by atoms with E-state index in [4.69, 9.17) is 28.9 Å². The molecule has 0 saturated heterocycles. The van der Waals surface area contributed by atoms with Crippen LogP contribution in [0.5, 0.6) is 0 Å². The number of amides is 2. The number of benzene rings is 2. The second kappa shape index (κ2) is 7.66. The van der Waals surface area contributed by atoms with Gasteiger partial charge >= 0.3 is 0 Å². The van der Waals surface area contributed by atoms with Gasteiger partial charge in [0.1, 0.15) is 0 Å². The van der Waals surface area contributed by atoms with E-state index in [-0.39, 0.29) is 22.5 Å². The minimum Gasteiger partial charge on any atom is -0.366 e. The van der Waals surface area contributed by atoms with Crippen LogP contribution in [0.1, 0.15) is 26.3 Å². The van der Waals surface area contributed by atoms with Crippen LogP contribution in [0.25, 0.3) is 0 Å². The van der Waals surface area contributed by atoms with E-state index >= 15 is 0 Å². The molecule has 26 heavy (non-hydrogen) atoms. The van der Waals surface area contributed by atoms with Gasteiger partial charge in [0.2, 0.25) is 5.91 Å². The molecule has 1 aliphatic heterocycles. The lowest BCUT2D eigenvalue weighted by Gasteiger charge is -2.28. The minimum atomic E-state index is -0.588. The van der Waals surface area contributed by atoms with Crippen LogP contribution in [0.15, 0.2) is 42.5 Å². The van der Waals surface area contributed by atoms with Crippen LogP contribution < -0.4 is 10.6 Å². The van der Waals surface area contributed by atoms with E-state index < -0.39 is 5.91 Å². The molecule has 1 atom stereocenters. The number of para-hydroxylation sites is 1. The van der Waals surface area contributed by atoms with Crippen LogP contribution in [0.2, 0.25) is 5.02 Å². The molecule has 0 aromatic heterocycles. The Balaban J connectivity index is 2.03. The lowest BCUT2D eigenvalue weighted by molar-refractivity contribution is 0.0976. The standard InChI is InChI=1S/C19H19Cl2N3O2/c1-23-10-13-4-2-3-5-17(13)24(11-14(23)9-20)19(26)15-7-6-12(18(22)25)8-16(15)21/h2-8,14H,9-11H2,1H3,(H2,22,25). The summed E-state index contributed by atoms with van der Waals surface area (Å²) in [4.78, 5) is 28.4. The van der Waals surface area contributed by atoms with Gasteiger partial charge in [-0.05, 0) is 36.9 Å². The molecule has 0 radical (unpaired) electrons. The van der Waals surface area contributed by atoms with Gasteiger partial charge in [0.25, 0.3) is 5.91 Å². The predicted molar refractivity (Wildman–Crippen MR) is 104 cm³/mol. The van der Waals surface area contributed by atoms with Crippen LogP contribution >= 0.6 is 23.2 Å². The van der Waals surface area contributed by atoms with Crippen molar-refractivity contribution in [3.8, 4) is 0 Å². The molecule has 2 N–H and O–H groups in total. The molecule has 0 saturated carbocycles. The van der Waals surface area contributed by atoms with E-state index in [0.717, 1.165) is 11.3 Å². The van der Waals surface area contributed by atoms with Crippen LogP contribution in [-0.4, -0.2) is 42.2 Å². The number of hydrogen-bond acceptors (Lipinski definition) is 3. The average Bonchev–Trinajstić information content (AvgIpc) is 2.76. The molecule has 136 valence electrons. The Labute approximate surface area is 162 Å². The molecule has 1 unspecified atom stereocenters. The molecule has 0 fully saturated rings. The third-order valence-electron chi connectivity index (χ3n) is 4.63. The van der Waals surface area contributed by atoms with Crippen molar-refractivity contribution in [2.75, 3.05) is 24.4 Å². The highest BCUT2D eigenvalue weighted by atomic mass is 35.5. The summed E-state index contributed by atoms with van der Waals surface area (Å²) < 4.78 is 0. The normalized spacial score (nSPS) is 17.5. The maximum atomic E-state index is 13.2. The summed E-state index contributed by atoms with van der Waals surface area (Å²) in [5.41, 5.74) is 7.74. The summed E-state index contributed by atoms with van der Waals surface area (Å²) in [5, 5.41) is 0.198. The molecular formula is C19H19Cl2N3O2. The number of carbonyl (C=O) groups is 2. The first-order chi connectivity index (χ1) is 12.4. The van der Waals surface area contributed by atoms with E-state index in [9.17, 15) is 9.59 Å². The summed E-state index contributed by atoms with van der Waals surface area (Å²) in [6.07, 6.45) is 0. The quantitative estimate of drug-likeness (QED) is 0.817. The highest BCUT2D eigenvalue weighted by molar-refractivity contribution is 6.35. The van der Waals surface area contributed by atoms with Gasteiger partial charge in [-0.15, -0.1) is 11.6 Å². The van der Waals surface area contributed by atoms with Crippen molar-refractivity contribution < 1.29 is 9.59 Å². The fourth-order valence-electron chi connectivity index (χ4n) is 3.10. The molecule has 0 spiro atoms. The topological polar surface area (TPSA) is 66.6 Å². The number of fused-ring (bicyclic) bond motifs is 1. The number of likely N-dealkylation sites (N-methyl/N-ethyl adjacent to an activating group) is 1. The summed E-state index contributed by atoms with van der Waals surface area (Å²) in [6, 6.07) is 12.3. The van der Waals surface area contributed by atoms with Gasteiger partial charge in [-0.2, -0.15) is 0 Å². The van der Waals surface area contributed by atoms with Gasteiger partial charge in [0.05, 0.1) is 10.6 Å². The zero-order chi connectivity index (χ0) is 18.8. The fourth-order valence-corrected chi connectivity index (χ4v) is 3.69. The van der Waals surface area contributed by atoms with Crippen molar-refractivity contribution in [3.63, 3.8) is 0 Å². The Hall–Kier alpha value is -2.08. The van der Waals surface area contributed by atoms with Crippen molar-refractivity contribution in [3.05, 3.63) is 64.2 Å². The zero-order valence-electron chi connectivity index (χ0n) is 14.3. The summed E-state index contributed by atoms with van der Waals surface area (Å²) in [6.45, 7) is 1.15. The lowest BCUT2D eigenvalue weighted by Crippen LogP contribution is -2.43. The number of alkyl halides is 1. The number of carbonyl (C=O) groups excluding carboxylic acids is 2. The summed E-state index contributed by atoms with van der Waals surface area (Å²) in [7, 11) is 1.99. The molecule has 5 nitrogen and oxygen atoms in total. The maximum absolute atomic E-state index is 13.2. The lowest BCUT2D eigenvalue weighted by atomic mass is 10.1. The molecule has 2 aromatic rings. The minimum absolute atomic E-state index is 0.0108. The third kappa shape index (κ3) is 3.56. The largest absolute Gasteiger partial charge is 0.366 e.